The van der Waals surface area contributed by atoms with Gasteiger partial charge in [0.2, 0.25) is 5.95 Å². The maximum atomic E-state index is 15.0. The number of nitrogen functional groups attached to an aromatic ring is 1. The highest BCUT2D eigenvalue weighted by Crippen LogP contribution is 2.36. The molecule has 0 aliphatic carbocycles. The Bertz CT molecular complexity index is 862. The number of aromatic nitrogens is 4. The van der Waals surface area contributed by atoms with Gasteiger partial charge >= 0.3 is 11.9 Å². The first-order valence-electron chi connectivity index (χ1n) is 7.53. The second-order valence-electron chi connectivity index (χ2n) is 5.58. The molecule has 3 heterocycles. The van der Waals surface area contributed by atoms with Gasteiger partial charge in [-0.05, 0) is 0 Å². The Labute approximate surface area is 151 Å². The molecular weight excluding hydrogens is 373 g/mol. The number of imidazole rings is 1. The number of alkyl halides is 1. The number of nitrogens with two attached hydrogens (primary N) is 1. The van der Waals surface area contributed by atoms with Crippen molar-refractivity contribution in [1.29, 1.82) is 0 Å². The van der Waals surface area contributed by atoms with Crippen molar-refractivity contribution in [2.45, 2.75) is 38.5 Å². The van der Waals surface area contributed by atoms with Crippen molar-refractivity contribution in [3.63, 3.8) is 0 Å². The van der Waals surface area contributed by atoms with E-state index in [9.17, 15) is 14.0 Å². The topological polar surface area (TPSA) is 131 Å². The van der Waals surface area contributed by atoms with Gasteiger partial charge in [-0.3, -0.25) is 14.2 Å². The highest BCUT2D eigenvalue weighted by molar-refractivity contribution is 6.33. The molecule has 12 heteroatoms. The zero-order chi connectivity index (χ0) is 19.0. The van der Waals surface area contributed by atoms with Gasteiger partial charge in [-0.15, -0.1) is 0 Å². The van der Waals surface area contributed by atoms with E-state index < -0.39 is 36.5 Å². The van der Waals surface area contributed by atoms with Crippen LogP contribution in [0, 0.1) is 0 Å². The maximum Gasteiger partial charge on any atom is 0.303 e. The Morgan fingerprint density at radius 3 is 2.77 bits per heavy atom. The third-order valence-electron chi connectivity index (χ3n) is 3.69. The van der Waals surface area contributed by atoms with Crippen LogP contribution in [-0.4, -0.2) is 56.4 Å². The smallest absolute Gasteiger partial charge is 0.303 e. The Hall–Kier alpha value is -2.53. The van der Waals surface area contributed by atoms with E-state index in [0.29, 0.717) is 0 Å². The fourth-order valence-corrected chi connectivity index (χ4v) is 2.89. The zero-order valence-electron chi connectivity index (χ0n) is 13.8. The first-order valence-corrected chi connectivity index (χ1v) is 7.91. The molecule has 2 aromatic heterocycles. The summed E-state index contributed by atoms with van der Waals surface area (Å²) in [4.78, 5) is 34.1. The summed E-state index contributed by atoms with van der Waals surface area (Å²) in [7, 11) is 0. The molecule has 3 rings (SSSR count). The molecule has 1 aliphatic rings. The molecule has 2 N–H and O–H groups in total. The highest BCUT2D eigenvalue weighted by Gasteiger charge is 2.49. The van der Waals surface area contributed by atoms with E-state index >= 15 is 0 Å². The van der Waals surface area contributed by atoms with Gasteiger partial charge in [0.05, 0.1) is 6.33 Å². The monoisotopic (exact) mass is 387 g/mol. The summed E-state index contributed by atoms with van der Waals surface area (Å²) in [6.07, 6.45) is -4.03. The van der Waals surface area contributed by atoms with Gasteiger partial charge in [0, 0.05) is 13.8 Å². The summed E-state index contributed by atoms with van der Waals surface area (Å²) in [5, 5.41) is 0.00709. The largest absolute Gasteiger partial charge is 0.463 e. The summed E-state index contributed by atoms with van der Waals surface area (Å²) in [5.41, 5.74) is 5.95. The van der Waals surface area contributed by atoms with E-state index in [-0.39, 0.29) is 28.9 Å². The van der Waals surface area contributed by atoms with Gasteiger partial charge in [-0.1, -0.05) is 11.6 Å². The number of halogens is 2. The van der Waals surface area contributed by atoms with E-state index in [1.165, 1.54) is 17.8 Å². The van der Waals surface area contributed by atoms with E-state index in [1.54, 1.807) is 0 Å². The van der Waals surface area contributed by atoms with Crippen LogP contribution in [0.15, 0.2) is 6.33 Å². The maximum absolute atomic E-state index is 15.0. The predicted octanol–water partition coefficient (Wildman–Crippen LogP) is 0.792. The number of carbonyl (C=O) groups is 2. The summed E-state index contributed by atoms with van der Waals surface area (Å²) < 4.78 is 31.7. The number of hydrogen-bond acceptors (Lipinski definition) is 9. The van der Waals surface area contributed by atoms with Crippen LogP contribution in [0.25, 0.3) is 11.2 Å². The van der Waals surface area contributed by atoms with Crippen LogP contribution in [-0.2, 0) is 23.8 Å². The lowest BCUT2D eigenvalue weighted by atomic mass is 10.1. The Kier molecular flexibility index (Phi) is 4.92. The van der Waals surface area contributed by atoms with Gasteiger partial charge in [0.15, 0.2) is 29.3 Å². The van der Waals surface area contributed by atoms with E-state index in [0.717, 1.165) is 6.92 Å². The van der Waals surface area contributed by atoms with Crippen molar-refractivity contribution in [1.82, 2.24) is 19.5 Å². The number of esters is 2. The molecule has 10 nitrogen and oxygen atoms in total. The number of anilines is 1. The molecule has 140 valence electrons. The second kappa shape index (κ2) is 7.00. The van der Waals surface area contributed by atoms with Crippen LogP contribution < -0.4 is 5.73 Å². The van der Waals surface area contributed by atoms with Crippen molar-refractivity contribution in [3.05, 3.63) is 11.5 Å². The van der Waals surface area contributed by atoms with E-state index in [1.807, 2.05) is 0 Å². The third-order valence-corrected chi connectivity index (χ3v) is 3.95. The van der Waals surface area contributed by atoms with Crippen LogP contribution in [0.3, 0.4) is 0 Å². The van der Waals surface area contributed by atoms with Crippen molar-refractivity contribution >= 4 is 40.7 Å². The predicted molar refractivity (Wildman–Crippen MR) is 85.7 cm³/mol. The molecule has 26 heavy (non-hydrogen) atoms. The molecular formula is C14H15ClFN5O5. The SMILES string of the molecule is CC(=O)OC[C@H]1O[C@@H](n2cnc3c(Cl)nc(N)nc32)[C@H](F)[C@@H]1OC(C)=O. The zero-order valence-corrected chi connectivity index (χ0v) is 14.5. The van der Waals surface area contributed by atoms with Crippen LogP contribution in [0.2, 0.25) is 5.15 Å². The first-order chi connectivity index (χ1) is 12.3. The molecule has 0 amide bonds. The fourth-order valence-electron chi connectivity index (χ4n) is 2.67. The minimum absolute atomic E-state index is 0.00709. The summed E-state index contributed by atoms with van der Waals surface area (Å²) in [6.45, 7) is 2.06. The fraction of sp³-hybridized carbons (Fsp3) is 0.500. The lowest BCUT2D eigenvalue weighted by molar-refractivity contribution is -0.156. The number of rotatable bonds is 4. The lowest BCUT2D eigenvalue weighted by Gasteiger charge is -2.18. The van der Waals surface area contributed by atoms with Gasteiger partial charge < -0.3 is 19.9 Å². The van der Waals surface area contributed by atoms with Crippen molar-refractivity contribution in [3.8, 4) is 0 Å². The van der Waals surface area contributed by atoms with Gasteiger partial charge in [0.25, 0.3) is 0 Å². The average Bonchev–Trinajstić information content (AvgIpc) is 3.08. The summed E-state index contributed by atoms with van der Waals surface area (Å²) in [5.74, 6) is -1.39. The molecule has 0 aromatic carbocycles. The number of nitrogens with zero attached hydrogens (tertiary/aromatic N) is 4. The number of ether oxygens (including phenoxy) is 3. The molecule has 1 fully saturated rings. The summed E-state index contributed by atoms with van der Waals surface area (Å²) >= 11 is 5.96. The highest BCUT2D eigenvalue weighted by atomic mass is 35.5. The molecule has 0 spiro atoms. The number of carbonyl (C=O) groups excluding carboxylic acids is 2. The standard InChI is InChI=1S/C14H15ClFN5O5/c1-5(22)24-3-7-10(25-6(2)23)8(16)13(26-7)21-4-18-9-11(15)19-14(17)20-12(9)21/h4,7-8,10,13H,3H2,1-2H3,(H2,17,19,20)/t7-,8-,10-,13-/m1/s1. The molecule has 0 saturated carbocycles. The molecule has 0 bridgehead atoms. The molecule has 1 saturated heterocycles. The minimum atomic E-state index is -1.77. The third kappa shape index (κ3) is 3.40. The molecule has 4 atom stereocenters. The molecule has 2 aromatic rings. The molecule has 0 radical (unpaired) electrons. The molecule has 0 unspecified atom stereocenters. The van der Waals surface area contributed by atoms with Gasteiger partial charge in [-0.25, -0.2) is 9.37 Å². The Balaban J connectivity index is 1.95. The number of fused-ring (bicyclic) bond motifs is 1. The van der Waals surface area contributed by atoms with Gasteiger partial charge in [0.1, 0.15) is 18.2 Å². The van der Waals surface area contributed by atoms with Crippen LogP contribution in [0.4, 0.5) is 10.3 Å². The number of hydrogen-bond donors (Lipinski definition) is 1. The lowest BCUT2D eigenvalue weighted by Crippen LogP contribution is -2.36. The second-order valence-corrected chi connectivity index (χ2v) is 5.94. The first kappa shape index (κ1) is 18.3. The Morgan fingerprint density at radius 1 is 1.38 bits per heavy atom. The van der Waals surface area contributed by atoms with E-state index in [4.69, 9.17) is 31.5 Å². The van der Waals surface area contributed by atoms with Crippen molar-refractivity contribution in [2.75, 3.05) is 12.3 Å². The quantitative estimate of drug-likeness (QED) is 0.597. The Morgan fingerprint density at radius 2 is 2.12 bits per heavy atom. The van der Waals surface area contributed by atoms with Crippen LogP contribution in [0.5, 0.6) is 0 Å². The molecule has 1 aliphatic heterocycles. The average molecular weight is 388 g/mol. The van der Waals surface area contributed by atoms with Crippen LogP contribution >= 0.6 is 11.6 Å². The van der Waals surface area contributed by atoms with Crippen molar-refractivity contribution < 1.29 is 28.2 Å². The summed E-state index contributed by atoms with van der Waals surface area (Å²) in [6, 6.07) is 0. The van der Waals surface area contributed by atoms with Crippen molar-refractivity contribution in [2.24, 2.45) is 0 Å². The van der Waals surface area contributed by atoms with Gasteiger partial charge in [-0.2, -0.15) is 9.97 Å². The van der Waals surface area contributed by atoms with Crippen LogP contribution in [0.1, 0.15) is 20.1 Å². The normalized spacial score (nSPS) is 25.4. The minimum Gasteiger partial charge on any atom is -0.463 e. The van der Waals surface area contributed by atoms with E-state index in [2.05, 4.69) is 15.0 Å².